The van der Waals surface area contributed by atoms with Crippen molar-refractivity contribution < 1.29 is 14.6 Å². The Bertz CT molecular complexity index is 311. The van der Waals surface area contributed by atoms with Crippen molar-refractivity contribution >= 4 is 5.91 Å². The van der Waals surface area contributed by atoms with E-state index in [-0.39, 0.29) is 5.91 Å². The van der Waals surface area contributed by atoms with Gasteiger partial charge in [0.25, 0.3) is 5.91 Å². The standard InChI is InChI=1S/C15H29NO3/c1-6-14(4,19-5)12(17)16-11-15(18)9-7-13(2,3)8-10-15/h18H,6-11H2,1-5H3,(H,16,17). The third-order valence-corrected chi connectivity index (χ3v) is 4.72. The van der Waals surface area contributed by atoms with Crippen molar-refractivity contribution in [2.45, 2.75) is 71.0 Å². The molecule has 1 fully saturated rings. The smallest absolute Gasteiger partial charge is 0.252 e. The van der Waals surface area contributed by atoms with Crippen molar-refractivity contribution in [3.8, 4) is 0 Å². The molecule has 0 aromatic rings. The molecule has 0 saturated heterocycles. The predicted octanol–water partition coefficient (Wildman–Crippen LogP) is 2.25. The quantitative estimate of drug-likeness (QED) is 0.806. The van der Waals surface area contributed by atoms with E-state index < -0.39 is 11.2 Å². The number of hydrogen-bond acceptors (Lipinski definition) is 3. The van der Waals surface area contributed by atoms with Crippen molar-refractivity contribution in [3.05, 3.63) is 0 Å². The molecule has 4 heteroatoms. The molecular weight excluding hydrogens is 242 g/mol. The molecule has 0 radical (unpaired) electrons. The minimum Gasteiger partial charge on any atom is -0.388 e. The normalized spacial score (nSPS) is 24.5. The Balaban J connectivity index is 2.51. The van der Waals surface area contributed by atoms with Gasteiger partial charge >= 0.3 is 0 Å². The maximum Gasteiger partial charge on any atom is 0.252 e. The van der Waals surface area contributed by atoms with E-state index in [4.69, 9.17) is 4.74 Å². The molecule has 0 aromatic heterocycles. The summed E-state index contributed by atoms with van der Waals surface area (Å²) < 4.78 is 5.26. The lowest BCUT2D eigenvalue weighted by atomic mass is 9.71. The van der Waals surface area contributed by atoms with Crippen molar-refractivity contribution in [2.24, 2.45) is 5.41 Å². The van der Waals surface area contributed by atoms with E-state index >= 15 is 0 Å². The molecule has 1 atom stereocenters. The van der Waals surface area contributed by atoms with E-state index in [0.29, 0.717) is 18.4 Å². The number of amides is 1. The first-order valence-corrected chi connectivity index (χ1v) is 7.22. The van der Waals surface area contributed by atoms with E-state index in [1.54, 1.807) is 14.0 Å². The Morgan fingerprint density at radius 1 is 1.32 bits per heavy atom. The Morgan fingerprint density at radius 3 is 2.26 bits per heavy atom. The fourth-order valence-electron chi connectivity index (χ4n) is 2.40. The van der Waals surface area contributed by atoms with E-state index in [0.717, 1.165) is 25.7 Å². The molecule has 0 aromatic carbocycles. The summed E-state index contributed by atoms with van der Waals surface area (Å²) in [5.74, 6) is -0.143. The maximum absolute atomic E-state index is 12.1. The van der Waals surface area contributed by atoms with Crippen molar-refractivity contribution in [2.75, 3.05) is 13.7 Å². The molecule has 1 amide bonds. The average molecular weight is 271 g/mol. The third-order valence-electron chi connectivity index (χ3n) is 4.72. The summed E-state index contributed by atoms with van der Waals surface area (Å²) in [4.78, 5) is 12.1. The number of aliphatic hydroxyl groups is 1. The molecule has 0 heterocycles. The second-order valence-electron chi connectivity index (χ2n) is 6.86. The van der Waals surface area contributed by atoms with Gasteiger partial charge in [-0.2, -0.15) is 0 Å². The van der Waals surface area contributed by atoms with Gasteiger partial charge in [-0.05, 0) is 44.4 Å². The second kappa shape index (κ2) is 5.80. The zero-order valence-corrected chi connectivity index (χ0v) is 13.0. The van der Waals surface area contributed by atoms with E-state index in [1.165, 1.54) is 0 Å². The molecule has 0 bridgehead atoms. The van der Waals surface area contributed by atoms with Crippen LogP contribution in [0.4, 0.5) is 0 Å². The van der Waals surface area contributed by atoms with Crippen molar-refractivity contribution in [1.29, 1.82) is 0 Å². The van der Waals surface area contributed by atoms with Crippen LogP contribution in [0, 0.1) is 5.41 Å². The van der Waals surface area contributed by atoms with Gasteiger partial charge in [-0.3, -0.25) is 4.79 Å². The monoisotopic (exact) mass is 271 g/mol. The number of ether oxygens (including phenoxy) is 1. The first-order chi connectivity index (χ1) is 8.66. The van der Waals surface area contributed by atoms with Gasteiger partial charge in [0.1, 0.15) is 5.60 Å². The topological polar surface area (TPSA) is 58.6 Å². The van der Waals surface area contributed by atoms with Gasteiger partial charge in [0.15, 0.2) is 0 Å². The summed E-state index contributed by atoms with van der Waals surface area (Å²) in [5, 5.41) is 13.4. The van der Waals surface area contributed by atoms with Crippen LogP contribution in [0.25, 0.3) is 0 Å². The van der Waals surface area contributed by atoms with Crippen LogP contribution in [0.3, 0.4) is 0 Å². The van der Waals surface area contributed by atoms with Crippen molar-refractivity contribution in [1.82, 2.24) is 5.32 Å². The third kappa shape index (κ3) is 4.18. The van der Waals surface area contributed by atoms with E-state index in [9.17, 15) is 9.90 Å². The first-order valence-electron chi connectivity index (χ1n) is 7.22. The van der Waals surface area contributed by atoms with Crippen LogP contribution < -0.4 is 5.32 Å². The summed E-state index contributed by atoms with van der Waals surface area (Å²) in [7, 11) is 1.54. The Hall–Kier alpha value is -0.610. The summed E-state index contributed by atoms with van der Waals surface area (Å²) in [6, 6.07) is 0. The maximum atomic E-state index is 12.1. The minimum atomic E-state index is -0.801. The first kappa shape index (κ1) is 16.4. The fourth-order valence-corrected chi connectivity index (χ4v) is 2.40. The lowest BCUT2D eigenvalue weighted by Crippen LogP contribution is -2.52. The van der Waals surface area contributed by atoms with E-state index in [2.05, 4.69) is 19.2 Å². The molecule has 1 saturated carbocycles. The predicted molar refractivity (Wildman–Crippen MR) is 75.9 cm³/mol. The number of carbonyl (C=O) groups is 1. The van der Waals surface area contributed by atoms with Crippen LogP contribution >= 0.6 is 0 Å². The molecule has 19 heavy (non-hydrogen) atoms. The Kier molecular flexibility index (Phi) is 5.02. The van der Waals surface area contributed by atoms with Gasteiger partial charge in [0, 0.05) is 13.7 Å². The Labute approximate surface area is 116 Å². The molecule has 0 aliphatic heterocycles. The average Bonchev–Trinajstić information content (AvgIpc) is 2.39. The molecule has 1 unspecified atom stereocenters. The molecule has 2 N–H and O–H groups in total. The number of nitrogens with one attached hydrogen (secondary N) is 1. The van der Waals surface area contributed by atoms with Gasteiger partial charge in [-0.15, -0.1) is 0 Å². The molecule has 4 nitrogen and oxygen atoms in total. The molecular formula is C15H29NO3. The second-order valence-corrected chi connectivity index (χ2v) is 6.86. The van der Waals surface area contributed by atoms with Crippen LogP contribution in [-0.2, 0) is 9.53 Å². The number of hydrogen-bond donors (Lipinski definition) is 2. The van der Waals surface area contributed by atoms with Gasteiger partial charge in [0.05, 0.1) is 5.60 Å². The number of carbonyl (C=O) groups excluding carboxylic acids is 1. The highest BCUT2D eigenvalue weighted by molar-refractivity contribution is 5.84. The SMILES string of the molecule is CCC(C)(OC)C(=O)NCC1(O)CCC(C)(C)CC1. The van der Waals surface area contributed by atoms with Crippen LogP contribution in [0.15, 0.2) is 0 Å². The highest BCUT2D eigenvalue weighted by atomic mass is 16.5. The summed E-state index contributed by atoms with van der Waals surface area (Å²) in [6.07, 6.45) is 4.09. The molecule has 1 aliphatic carbocycles. The van der Waals surface area contributed by atoms with Crippen LogP contribution in [-0.4, -0.2) is 35.9 Å². The summed E-state index contributed by atoms with van der Waals surface area (Å²) >= 11 is 0. The molecule has 0 spiro atoms. The summed E-state index contributed by atoms with van der Waals surface area (Å²) in [6.45, 7) is 8.46. The largest absolute Gasteiger partial charge is 0.388 e. The summed E-state index contributed by atoms with van der Waals surface area (Å²) in [5.41, 5.74) is -1.25. The van der Waals surface area contributed by atoms with E-state index in [1.807, 2.05) is 6.92 Å². The van der Waals surface area contributed by atoms with Crippen LogP contribution in [0.2, 0.25) is 0 Å². The van der Waals surface area contributed by atoms with Gasteiger partial charge in [-0.25, -0.2) is 0 Å². The number of methoxy groups -OCH3 is 1. The van der Waals surface area contributed by atoms with Gasteiger partial charge in [-0.1, -0.05) is 20.8 Å². The van der Waals surface area contributed by atoms with Crippen molar-refractivity contribution in [3.63, 3.8) is 0 Å². The minimum absolute atomic E-state index is 0.143. The zero-order valence-electron chi connectivity index (χ0n) is 13.0. The highest BCUT2D eigenvalue weighted by Crippen LogP contribution is 2.39. The number of rotatable bonds is 5. The zero-order chi connectivity index (χ0) is 14.7. The lowest BCUT2D eigenvalue weighted by molar-refractivity contribution is -0.143. The van der Waals surface area contributed by atoms with Crippen LogP contribution in [0.1, 0.15) is 59.8 Å². The molecule has 1 aliphatic rings. The lowest BCUT2D eigenvalue weighted by Gasteiger charge is -2.40. The fraction of sp³-hybridized carbons (Fsp3) is 0.933. The molecule has 1 rings (SSSR count). The highest BCUT2D eigenvalue weighted by Gasteiger charge is 2.38. The van der Waals surface area contributed by atoms with Gasteiger partial charge < -0.3 is 15.2 Å². The van der Waals surface area contributed by atoms with Crippen LogP contribution in [0.5, 0.6) is 0 Å². The molecule has 112 valence electrons. The Morgan fingerprint density at radius 2 is 1.84 bits per heavy atom. The van der Waals surface area contributed by atoms with Gasteiger partial charge in [0.2, 0.25) is 0 Å².